The average molecular weight is 447 g/mol. The molecular formula is C22H20F3N3O4. The first-order valence-corrected chi connectivity index (χ1v) is 9.93. The van der Waals surface area contributed by atoms with Crippen molar-refractivity contribution in [3.63, 3.8) is 0 Å². The van der Waals surface area contributed by atoms with E-state index in [0.29, 0.717) is 24.2 Å². The molecule has 0 saturated carbocycles. The van der Waals surface area contributed by atoms with Gasteiger partial charge in [0, 0.05) is 5.69 Å². The van der Waals surface area contributed by atoms with E-state index in [2.05, 4.69) is 10.6 Å². The Balaban J connectivity index is 1.50. The molecule has 7 nitrogen and oxygen atoms in total. The monoisotopic (exact) mass is 447 g/mol. The fourth-order valence-corrected chi connectivity index (χ4v) is 4.21. The third kappa shape index (κ3) is 3.76. The van der Waals surface area contributed by atoms with E-state index in [1.807, 2.05) is 6.07 Å². The van der Waals surface area contributed by atoms with E-state index in [1.165, 1.54) is 0 Å². The van der Waals surface area contributed by atoms with Gasteiger partial charge in [-0.05, 0) is 66.8 Å². The maximum Gasteiger partial charge on any atom is 0.416 e. The number of alkyl halides is 3. The Hall–Kier alpha value is -3.56. The summed E-state index contributed by atoms with van der Waals surface area (Å²) in [5.74, 6) is -0.586. The van der Waals surface area contributed by atoms with Crippen LogP contribution in [0.4, 0.5) is 23.7 Å². The SMILES string of the molecule is COc1ccc2c(c1)CCCC21NC(=O)N(CC(=O)Nc2ccc(C(F)(F)F)cc2)C1=O. The lowest BCUT2D eigenvalue weighted by molar-refractivity contribution is -0.137. The Morgan fingerprint density at radius 2 is 1.91 bits per heavy atom. The number of carbonyl (C=O) groups is 3. The van der Waals surface area contributed by atoms with Crippen molar-refractivity contribution in [2.24, 2.45) is 0 Å². The fourth-order valence-electron chi connectivity index (χ4n) is 4.21. The Labute approximate surface area is 181 Å². The van der Waals surface area contributed by atoms with Crippen LogP contribution in [0.3, 0.4) is 0 Å². The number of nitrogens with zero attached hydrogens (tertiary/aromatic N) is 1. The molecule has 10 heteroatoms. The molecule has 4 rings (SSSR count). The van der Waals surface area contributed by atoms with E-state index in [0.717, 1.165) is 41.1 Å². The quantitative estimate of drug-likeness (QED) is 0.703. The third-order valence-corrected chi connectivity index (χ3v) is 5.74. The summed E-state index contributed by atoms with van der Waals surface area (Å²) in [5.41, 5.74) is -0.404. The molecule has 32 heavy (non-hydrogen) atoms. The predicted molar refractivity (Wildman–Crippen MR) is 108 cm³/mol. The number of carbonyl (C=O) groups excluding carboxylic acids is 3. The second-order valence-electron chi connectivity index (χ2n) is 7.73. The lowest BCUT2D eigenvalue weighted by atomic mass is 9.76. The largest absolute Gasteiger partial charge is 0.497 e. The zero-order valence-electron chi connectivity index (χ0n) is 17.1. The van der Waals surface area contributed by atoms with Gasteiger partial charge in [0.25, 0.3) is 5.91 Å². The normalized spacial score (nSPS) is 20.2. The molecule has 4 amide bonds. The number of methoxy groups -OCH3 is 1. The van der Waals surface area contributed by atoms with Crippen LogP contribution in [0, 0.1) is 0 Å². The fraction of sp³-hybridized carbons (Fsp3) is 0.318. The Bertz CT molecular complexity index is 1080. The van der Waals surface area contributed by atoms with Gasteiger partial charge in [-0.3, -0.25) is 14.5 Å². The highest BCUT2D eigenvalue weighted by Gasteiger charge is 2.54. The summed E-state index contributed by atoms with van der Waals surface area (Å²) in [6, 6.07) is 8.49. The number of nitrogens with one attached hydrogen (secondary N) is 2. The molecule has 1 heterocycles. The zero-order valence-corrected chi connectivity index (χ0v) is 17.1. The zero-order chi connectivity index (χ0) is 23.1. The second-order valence-corrected chi connectivity index (χ2v) is 7.73. The van der Waals surface area contributed by atoms with Crippen molar-refractivity contribution in [1.29, 1.82) is 0 Å². The summed E-state index contributed by atoms with van der Waals surface area (Å²) < 4.78 is 43.3. The Kier molecular flexibility index (Phi) is 5.31. The molecule has 1 atom stereocenters. The molecule has 0 bridgehead atoms. The molecule has 2 aromatic rings. The summed E-state index contributed by atoms with van der Waals surface area (Å²) in [6.07, 6.45) is -2.70. The number of imide groups is 1. The van der Waals surface area contributed by atoms with Crippen LogP contribution in [0.15, 0.2) is 42.5 Å². The van der Waals surface area contributed by atoms with Crippen molar-refractivity contribution in [2.75, 3.05) is 19.0 Å². The molecule has 1 unspecified atom stereocenters. The highest BCUT2D eigenvalue weighted by atomic mass is 19.4. The summed E-state index contributed by atoms with van der Waals surface area (Å²) in [5, 5.41) is 5.17. The number of fused-ring (bicyclic) bond motifs is 2. The third-order valence-electron chi connectivity index (χ3n) is 5.74. The molecule has 2 aromatic carbocycles. The van der Waals surface area contributed by atoms with Crippen LogP contribution < -0.4 is 15.4 Å². The van der Waals surface area contributed by atoms with Gasteiger partial charge < -0.3 is 15.4 Å². The van der Waals surface area contributed by atoms with E-state index < -0.39 is 41.7 Å². The van der Waals surface area contributed by atoms with Crippen molar-refractivity contribution in [3.8, 4) is 5.75 Å². The summed E-state index contributed by atoms with van der Waals surface area (Å²) in [6.45, 7) is -0.557. The number of ether oxygens (including phenoxy) is 1. The number of benzene rings is 2. The minimum Gasteiger partial charge on any atom is -0.497 e. The average Bonchev–Trinajstić information content (AvgIpc) is 2.98. The van der Waals surface area contributed by atoms with Gasteiger partial charge in [-0.15, -0.1) is 0 Å². The molecule has 1 fully saturated rings. The van der Waals surface area contributed by atoms with Gasteiger partial charge in [-0.25, -0.2) is 4.79 Å². The molecule has 1 aliphatic heterocycles. The lowest BCUT2D eigenvalue weighted by Gasteiger charge is -2.33. The molecule has 2 aliphatic rings. The van der Waals surface area contributed by atoms with Crippen LogP contribution in [0.1, 0.15) is 29.5 Å². The minimum atomic E-state index is -4.49. The van der Waals surface area contributed by atoms with Crippen LogP contribution in [0.25, 0.3) is 0 Å². The molecule has 1 saturated heterocycles. The first kappa shape index (κ1) is 21.7. The van der Waals surface area contributed by atoms with Crippen molar-refractivity contribution in [1.82, 2.24) is 10.2 Å². The molecule has 1 aliphatic carbocycles. The van der Waals surface area contributed by atoms with Gasteiger partial charge in [-0.2, -0.15) is 13.2 Å². The van der Waals surface area contributed by atoms with Gasteiger partial charge in [0.2, 0.25) is 5.91 Å². The van der Waals surface area contributed by atoms with Crippen molar-refractivity contribution < 1.29 is 32.3 Å². The minimum absolute atomic E-state index is 0.125. The second kappa shape index (κ2) is 7.85. The first-order chi connectivity index (χ1) is 15.1. The smallest absolute Gasteiger partial charge is 0.416 e. The van der Waals surface area contributed by atoms with E-state index >= 15 is 0 Å². The number of anilines is 1. The maximum atomic E-state index is 13.3. The lowest BCUT2D eigenvalue weighted by Crippen LogP contribution is -2.47. The Morgan fingerprint density at radius 3 is 2.56 bits per heavy atom. The highest BCUT2D eigenvalue weighted by Crippen LogP contribution is 2.41. The number of urea groups is 1. The standard InChI is InChI=1S/C22H20F3N3O4/c1-32-16-8-9-17-13(11-16)3-2-10-21(17)19(30)28(20(31)27-21)12-18(29)26-15-6-4-14(5-7-15)22(23,24)25/h4-9,11H,2-3,10,12H2,1H3,(H,26,29)(H,27,31). The van der Waals surface area contributed by atoms with Gasteiger partial charge in [0.1, 0.15) is 17.8 Å². The van der Waals surface area contributed by atoms with Crippen LogP contribution >= 0.6 is 0 Å². The Morgan fingerprint density at radius 1 is 1.19 bits per heavy atom. The van der Waals surface area contributed by atoms with E-state index in [-0.39, 0.29) is 5.69 Å². The number of halogens is 3. The van der Waals surface area contributed by atoms with Crippen LogP contribution in [-0.2, 0) is 27.7 Å². The molecule has 0 aromatic heterocycles. The predicted octanol–water partition coefficient (Wildman–Crippen LogP) is 3.44. The molecule has 1 spiro atoms. The van der Waals surface area contributed by atoms with Crippen molar-refractivity contribution in [2.45, 2.75) is 31.0 Å². The van der Waals surface area contributed by atoms with Crippen molar-refractivity contribution in [3.05, 3.63) is 59.2 Å². The topological polar surface area (TPSA) is 87.7 Å². The molecular weight excluding hydrogens is 427 g/mol. The molecule has 168 valence electrons. The summed E-state index contributed by atoms with van der Waals surface area (Å²) >= 11 is 0. The van der Waals surface area contributed by atoms with E-state index in [9.17, 15) is 27.6 Å². The van der Waals surface area contributed by atoms with Crippen molar-refractivity contribution >= 4 is 23.5 Å². The maximum absolute atomic E-state index is 13.3. The molecule has 2 N–H and O–H groups in total. The highest BCUT2D eigenvalue weighted by molar-refractivity contribution is 6.10. The van der Waals surface area contributed by atoms with Gasteiger partial charge in [-0.1, -0.05) is 6.07 Å². The first-order valence-electron chi connectivity index (χ1n) is 9.93. The van der Waals surface area contributed by atoms with E-state index in [1.54, 1.807) is 19.2 Å². The van der Waals surface area contributed by atoms with Crippen LogP contribution in [-0.4, -0.2) is 36.4 Å². The number of hydrogen-bond acceptors (Lipinski definition) is 4. The van der Waals surface area contributed by atoms with Gasteiger partial charge >= 0.3 is 12.2 Å². The number of amides is 4. The number of rotatable bonds is 4. The van der Waals surface area contributed by atoms with Gasteiger partial charge in [0.05, 0.1) is 12.7 Å². The molecule has 0 radical (unpaired) electrons. The number of hydrogen-bond donors (Lipinski definition) is 2. The summed E-state index contributed by atoms with van der Waals surface area (Å²) in [7, 11) is 1.54. The van der Waals surface area contributed by atoms with Gasteiger partial charge in [0.15, 0.2) is 0 Å². The van der Waals surface area contributed by atoms with Crippen LogP contribution in [0.5, 0.6) is 5.75 Å². The summed E-state index contributed by atoms with van der Waals surface area (Å²) in [4.78, 5) is 39.1. The number of aryl methyl sites for hydroxylation is 1. The van der Waals surface area contributed by atoms with Crippen LogP contribution in [0.2, 0.25) is 0 Å². The van der Waals surface area contributed by atoms with E-state index in [4.69, 9.17) is 4.74 Å².